The average Bonchev–Trinajstić information content (AvgIpc) is 3.38. The van der Waals surface area contributed by atoms with Crippen LogP contribution in [-0.2, 0) is 26.1 Å². The van der Waals surface area contributed by atoms with Crippen LogP contribution in [0.1, 0.15) is 47.4 Å². The third kappa shape index (κ3) is 7.83. The van der Waals surface area contributed by atoms with Gasteiger partial charge in [0.2, 0.25) is 10.0 Å². The lowest BCUT2D eigenvalue weighted by molar-refractivity contribution is -0.124. The molecule has 0 fully saturated rings. The molecule has 1 heterocycles. The summed E-state index contributed by atoms with van der Waals surface area (Å²) in [5, 5.41) is 3.83. The number of benzene rings is 2. The zero-order valence-electron chi connectivity index (χ0n) is 19.5. The van der Waals surface area contributed by atoms with E-state index in [4.69, 9.17) is 32.4 Å². The first-order valence-electron chi connectivity index (χ1n) is 11.2. The van der Waals surface area contributed by atoms with Crippen molar-refractivity contribution in [2.24, 2.45) is 0 Å². The zero-order valence-corrected chi connectivity index (χ0v) is 21.8. The van der Waals surface area contributed by atoms with Gasteiger partial charge in [0.1, 0.15) is 5.76 Å². The molecule has 192 valence electrons. The molecule has 0 aliphatic heterocycles. The van der Waals surface area contributed by atoms with Gasteiger partial charge in [-0.05, 0) is 60.5 Å². The van der Waals surface area contributed by atoms with Crippen molar-refractivity contribution in [2.45, 2.75) is 37.1 Å². The molecular formula is C25H26Cl2N2O6S. The number of halogens is 2. The average molecular weight is 553 g/mol. The van der Waals surface area contributed by atoms with E-state index in [-0.39, 0.29) is 22.9 Å². The van der Waals surface area contributed by atoms with Crippen molar-refractivity contribution in [3.05, 3.63) is 87.8 Å². The number of ether oxygens (including phenoxy) is 1. The first kappa shape index (κ1) is 27.7. The number of hydrogen-bond acceptors (Lipinski definition) is 6. The van der Waals surface area contributed by atoms with Crippen molar-refractivity contribution >= 4 is 45.1 Å². The third-order valence-electron chi connectivity index (χ3n) is 5.34. The zero-order chi connectivity index (χ0) is 26.1. The normalized spacial score (nSPS) is 12.2. The van der Waals surface area contributed by atoms with Crippen molar-refractivity contribution in [1.82, 2.24) is 10.0 Å². The van der Waals surface area contributed by atoms with Crippen LogP contribution in [0.5, 0.6) is 0 Å². The van der Waals surface area contributed by atoms with Crippen LogP contribution in [0.25, 0.3) is 0 Å². The molecule has 0 spiro atoms. The van der Waals surface area contributed by atoms with Crippen LogP contribution in [-0.4, -0.2) is 33.4 Å². The molecule has 0 radical (unpaired) electrons. The molecule has 2 N–H and O–H groups in total. The minimum Gasteiger partial charge on any atom is -0.468 e. The molecule has 0 bridgehead atoms. The molecule has 0 aliphatic rings. The van der Waals surface area contributed by atoms with Crippen LogP contribution < -0.4 is 10.0 Å². The molecule has 3 rings (SSSR count). The van der Waals surface area contributed by atoms with E-state index >= 15 is 0 Å². The van der Waals surface area contributed by atoms with Gasteiger partial charge < -0.3 is 14.5 Å². The predicted octanol–water partition coefficient (Wildman–Crippen LogP) is 4.92. The van der Waals surface area contributed by atoms with E-state index in [2.05, 4.69) is 10.0 Å². The second-order valence-corrected chi connectivity index (χ2v) is 10.6. The van der Waals surface area contributed by atoms with Gasteiger partial charge in [0, 0.05) is 22.5 Å². The molecular weight excluding hydrogens is 527 g/mol. The lowest BCUT2D eigenvalue weighted by Crippen LogP contribution is -2.32. The minimum absolute atomic E-state index is 0.00241. The first-order chi connectivity index (χ1) is 17.2. The Balaban J connectivity index is 1.50. The highest BCUT2D eigenvalue weighted by Gasteiger charge is 2.18. The fourth-order valence-electron chi connectivity index (χ4n) is 3.48. The van der Waals surface area contributed by atoms with Crippen molar-refractivity contribution in [3.8, 4) is 0 Å². The summed E-state index contributed by atoms with van der Waals surface area (Å²) in [5.74, 6) is -0.760. The van der Waals surface area contributed by atoms with Gasteiger partial charge in [0.25, 0.3) is 5.91 Å². The molecule has 8 nitrogen and oxygen atoms in total. The summed E-state index contributed by atoms with van der Waals surface area (Å²) in [6.45, 7) is 1.88. The Morgan fingerprint density at radius 1 is 1.08 bits per heavy atom. The number of carbonyl (C=O) groups is 2. The maximum Gasteiger partial charge on any atom is 0.338 e. The monoisotopic (exact) mass is 552 g/mol. The topological polar surface area (TPSA) is 115 Å². The van der Waals surface area contributed by atoms with E-state index in [1.54, 1.807) is 24.3 Å². The quantitative estimate of drug-likeness (QED) is 0.308. The van der Waals surface area contributed by atoms with Crippen molar-refractivity contribution in [1.29, 1.82) is 0 Å². The van der Waals surface area contributed by atoms with Gasteiger partial charge in [0.15, 0.2) is 6.61 Å². The summed E-state index contributed by atoms with van der Waals surface area (Å²) in [7, 11) is -3.80. The van der Waals surface area contributed by atoms with Crippen LogP contribution in [0, 0.1) is 0 Å². The molecule has 1 atom stereocenters. The van der Waals surface area contributed by atoms with Crippen LogP contribution in [0.4, 0.5) is 0 Å². The van der Waals surface area contributed by atoms with Crippen molar-refractivity contribution in [3.63, 3.8) is 0 Å². The van der Waals surface area contributed by atoms with Gasteiger partial charge in [-0.25, -0.2) is 17.9 Å². The van der Waals surface area contributed by atoms with Crippen LogP contribution in [0.3, 0.4) is 0 Å². The van der Waals surface area contributed by atoms with Gasteiger partial charge in [-0.15, -0.1) is 0 Å². The molecule has 0 saturated heterocycles. The number of rotatable bonds is 12. The fraction of sp³-hybridized carbons (Fsp3) is 0.280. The maximum absolute atomic E-state index is 12.4. The van der Waals surface area contributed by atoms with E-state index in [0.29, 0.717) is 22.4 Å². The van der Waals surface area contributed by atoms with Gasteiger partial charge >= 0.3 is 5.97 Å². The number of esters is 1. The van der Waals surface area contributed by atoms with Crippen LogP contribution in [0.2, 0.25) is 10.0 Å². The molecule has 2 aromatic carbocycles. The SMILES string of the molecule is CCC[C@H](CNC(=O)COC(=O)c1ccc(S(=O)(=O)NCc2ccco2)cc1)c1ccc(Cl)cc1Cl. The molecule has 3 aromatic rings. The summed E-state index contributed by atoms with van der Waals surface area (Å²) in [6.07, 6.45) is 3.13. The van der Waals surface area contributed by atoms with E-state index in [1.807, 2.05) is 13.0 Å². The maximum atomic E-state index is 12.4. The predicted molar refractivity (Wildman–Crippen MR) is 137 cm³/mol. The van der Waals surface area contributed by atoms with E-state index < -0.39 is 28.5 Å². The number of amides is 1. The molecule has 1 aromatic heterocycles. The lowest BCUT2D eigenvalue weighted by Gasteiger charge is -2.19. The first-order valence-corrected chi connectivity index (χ1v) is 13.4. The summed E-state index contributed by atoms with van der Waals surface area (Å²) in [5.41, 5.74) is 0.999. The number of hydrogen-bond donors (Lipinski definition) is 2. The molecule has 0 unspecified atom stereocenters. The Hall–Kier alpha value is -2.85. The van der Waals surface area contributed by atoms with E-state index in [0.717, 1.165) is 18.4 Å². The summed E-state index contributed by atoms with van der Waals surface area (Å²) >= 11 is 12.3. The summed E-state index contributed by atoms with van der Waals surface area (Å²) in [6, 6.07) is 13.8. The van der Waals surface area contributed by atoms with Crippen LogP contribution >= 0.6 is 23.2 Å². The minimum atomic E-state index is -3.80. The van der Waals surface area contributed by atoms with E-state index in [9.17, 15) is 18.0 Å². The van der Waals surface area contributed by atoms with Gasteiger partial charge in [-0.2, -0.15) is 0 Å². The van der Waals surface area contributed by atoms with E-state index in [1.165, 1.54) is 30.5 Å². The second-order valence-electron chi connectivity index (χ2n) is 7.96. The number of sulfonamides is 1. The smallest absolute Gasteiger partial charge is 0.338 e. The molecule has 0 aliphatic carbocycles. The highest BCUT2D eigenvalue weighted by molar-refractivity contribution is 7.89. The second kappa shape index (κ2) is 12.9. The molecule has 0 saturated carbocycles. The molecule has 1 amide bonds. The van der Waals surface area contributed by atoms with Gasteiger partial charge in [-0.1, -0.05) is 42.6 Å². The van der Waals surface area contributed by atoms with Crippen molar-refractivity contribution < 1.29 is 27.2 Å². The third-order valence-corrected chi connectivity index (χ3v) is 7.32. The molecule has 11 heteroatoms. The van der Waals surface area contributed by atoms with Crippen LogP contribution in [0.15, 0.2) is 70.2 Å². The Morgan fingerprint density at radius 2 is 1.83 bits per heavy atom. The Morgan fingerprint density at radius 3 is 2.47 bits per heavy atom. The number of furan rings is 1. The lowest BCUT2D eigenvalue weighted by atomic mass is 9.94. The van der Waals surface area contributed by atoms with Gasteiger partial charge in [-0.3, -0.25) is 4.79 Å². The Kier molecular flexibility index (Phi) is 9.95. The number of nitrogens with one attached hydrogen (secondary N) is 2. The van der Waals surface area contributed by atoms with Gasteiger partial charge in [0.05, 0.1) is 23.3 Å². The molecule has 36 heavy (non-hydrogen) atoms. The largest absolute Gasteiger partial charge is 0.468 e. The summed E-state index contributed by atoms with van der Waals surface area (Å²) < 4.78 is 37.4. The Bertz CT molecular complexity index is 1280. The summed E-state index contributed by atoms with van der Waals surface area (Å²) in [4.78, 5) is 24.6. The fourth-order valence-corrected chi connectivity index (χ4v) is 5.04. The van der Waals surface area contributed by atoms with Crippen molar-refractivity contribution in [2.75, 3.05) is 13.2 Å². The standard InChI is InChI=1S/C25H26Cl2N2O6S/c1-2-4-18(22-11-8-19(26)13-23(22)27)14-28-24(30)16-35-25(31)17-6-9-21(10-7-17)36(32,33)29-15-20-5-3-12-34-20/h3,5-13,18,29H,2,4,14-16H2,1H3,(H,28,30)/t18-/m1/s1. The number of carbonyl (C=O) groups excluding carboxylic acids is 2. The highest BCUT2D eigenvalue weighted by atomic mass is 35.5. The highest BCUT2D eigenvalue weighted by Crippen LogP contribution is 2.30. The Labute approximate surface area is 220 Å².